The Morgan fingerprint density at radius 1 is 1.50 bits per heavy atom. The first kappa shape index (κ1) is 13.4. The van der Waals surface area contributed by atoms with E-state index in [1.807, 2.05) is 12.1 Å². The molecule has 98 valence electrons. The van der Waals surface area contributed by atoms with Crippen LogP contribution in [0.4, 0.5) is 5.69 Å². The van der Waals surface area contributed by atoms with Gasteiger partial charge in [0.15, 0.2) is 0 Å². The number of carbonyl (C=O) groups is 1. The molecule has 1 aliphatic carbocycles. The summed E-state index contributed by atoms with van der Waals surface area (Å²) >= 11 is 3.33. The third-order valence-electron chi connectivity index (χ3n) is 3.20. The molecule has 0 radical (unpaired) electrons. The van der Waals surface area contributed by atoms with Crippen molar-refractivity contribution in [1.82, 2.24) is 0 Å². The maximum absolute atomic E-state index is 11.3. The minimum absolute atomic E-state index is 0.387. The molecule has 4 heteroatoms. The first-order chi connectivity index (χ1) is 8.61. The van der Waals surface area contributed by atoms with E-state index in [1.54, 1.807) is 6.07 Å². The fourth-order valence-electron chi connectivity index (χ4n) is 2.15. The molecule has 0 heterocycles. The van der Waals surface area contributed by atoms with Gasteiger partial charge in [-0.3, -0.25) is 0 Å². The van der Waals surface area contributed by atoms with Crippen molar-refractivity contribution in [2.45, 2.75) is 26.2 Å². The van der Waals surface area contributed by atoms with Crippen molar-refractivity contribution in [2.75, 3.05) is 18.0 Å². The van der Waals surface area contributed by atoms with Crippen LogP contribution in [0, 0.1) is 5.92 Å². The Morgan fingerprint density at radius 3 is 2.78 bits per heavy atom. The normalized spacial score (nSPS) is 14.6. The predicted molar refractivity (Wildman–Crippen MR) is 76.3 cm³/mol. The van der Waals surface area contributed by atoms with E-state index in [-0.39, 0.29) is 0 Å². The molecule has 1 saturated carbocycles. The molecular weight excluding hydrogens is 294 g/mol. The topological polar surface area (TPSA) is 40.5 Å². The Bertz CT molecular complexity index is 443. The van der Waals surface area contributed by atoms with Gasteiger partial charge in [-0.05, 0) is 43.4 Å². The number of anilines is 1. The molecule has 1 aromatic rings. The van der Waals surface area contributed by atoms with E-state index in [0.717, 1.165) is 35.6 Å². The van der Waals surface area contributed by atoms with E-state index in [2.05, 4.69) is 27.8 Å². The molecule has 0 aromatic heterocycles. The second-order valence-corrected chi connectivity index (χ2v) is 5.77. The number of carboxylic acids is 1. The van der Waals surface area contributed by atoms with Crippen LogP contribution in [0.2, 0.25) is 0 Å². The summed E-state index contributed by atoms with van der Waals surface area (Å²) in [4.78, 5) is 13.6. The lowest BCUT2D eigenvalue weighted by atomic mass is 10.1. The van der Waals surface area contributed by atoms with Crippen molar-refractivity contribution in [2.24, 2.45) is 5.92 Å². The average molecular weight is 312 g/mol. The van der Waals surface area contributed by atoms with Crippen molar-refractivity contribution in [3.63, 3.8) is 0 Å². The van der Waals surface area contributed by atoms with Crippen molar-refractivity contribution in [3.8, 4) is 0 Å². The molecule has 1 aromatic carbocycles. The van der Waals surface area contributed by atoms with Crippen molar-refractivity contribution >= 4 is 27.6 Å². The van der Waals surface area contributed by atoms with Gasteiger partial charge in [0.1, 0.15) is 0 Å². The number of hydrogen-bond acceptors (Lipinski definition) is 2. The molecule has 0 atom stereocenters. The van der Waals surface area contributed by atoms with Crippen LogP contribution in [-0.2, 0) is 0 Å². The molecule has 3 nitrogen and oxygen atoms in total. The minimum atomic E-state index is -0.858. The molecule has 0 spiro atoms. The van der Waals surface area contributed by atoms with Crippen molar-refractivity contribution < 1.29 is 9.90 Å². The average Bonchev–Trinajstić information content (AvgIpc) is 3.12. The van der Waals surface area contributed by atoms with E-state index >= 15 is 0 Å². The molecule has 18 heavy (non-hydrogen) atoms. The highest BCUT2D eigenvalue weighted by Gasteiger charge is 2.26. The summed E-state index contributed by atoms with van der Waals surface area (Å²) in [6.07, 6.45) is 3.58. The van der Waals surface area contributed by atoms with Crippen molar-refractivity contribution in [3.05, 3.63) is 28.2 Å². The summed E-state index contributed by atoms with van der Waals surface area (Å²) in [5.74, 6) is -0.106. The first-order valence-electron chi connectivity index (χ1n) is 6.39. The number of nitrogens with zero attached hydrogens (tertiary/aromatic N) is 1. The van der Waals surface area contributed by atoms with Gasteiger partial charge in [0.25, 0.3) is 0 Å². The lowest BCUT2D eigenvalue weighted by molar-refractivity contribution is 0.0697. The smallest absolute Gasteiger partial charge is 0.337 e. The molecule has 2 rings (SSSR count). The quantitative estimate of drug-likeness (QED) is 0.869. The van der Waals surface area contributed by atoms with E-state index in [4.69, 9.17) is 0 Å². The summed E-state index contributed by atoms with van der Waals surface area (Å²) in [6, 6.07) is 5.51. The highest BCUT2D eigenvalue weighted by Crippen LogP contribution is 2.33. The largest absolute Gasteiger partial charge is 0.478 e. The van der Waals surface area contributed by atoms with Crippen LogP contribution in [0.25, 0.3) is 0 Å². The zero-order valence-electron chi connectivity index (χ0n) is 10.5. The maximum Gasteiger partial charge on any atom is 0.337 e. The van der Waals surface area contributed by atoms with E-state index < -0.39 is 5.97 Å². The Morgan fingerprint density at radius 2 is 2.22 bits per heavy atom. The fraction of sp³-hybridized carbons (Fsp3) is 0.500. The van der Waals surface area contributed by atoms with E-state index in [0.29, 0.717) is 5.56 Å². The van der Waals surface area contributed by atoms with Gasteiger partial charge < -0.3 is 10.0 Å². The third kappa shape index (κ3) is 3.25. The van der Waals surface area contributed by atoms with Crippen LogP contribution < -0.4 is 4.90 Å². The van der Waals surface area contributed by atoms with Gasteiger partial charge in [-0.1, -0.05) is 22.9 Å². The molecule has 1 N–H and O–H groups in total. The summed E-state index contributed by atoms with van der Waals surface area (Å²) in [5, 5.41) is 9.31. The first-order valence-corrected chi connectivity index (χ1v) is 7.19. The Balaban J connectivity index is 2.29. The second kappa shape index (κ2) is 5.74. The molecule has 1 aliphatic rings. The molecule has 0 amide bonds. The van der Waals surface area contributed by atoms with Crippen LogP contribution >= 0.6 is 15.9 Å². The number of rotatable bonds is 6. The Kier molecular flexibility index (Phi) is 4.27. The zero-order valence-corrected chi connectivity index (χ0v) is 12.1. The van der Waals surface area contributed by atoms with Gasteiger partial charge in [-0.2, -0.15) is 0 Å². The summed E-state index contributed by atoms with van der Waals surface area (Å²) < 4.78 is 0.812. The van der Waals surface area contributed by atoms with Gasteiger partial charge in [0.05, 0.1) is 11.3 Å². The Hall–Kier alpha value is -1.03. The lowest BCUT2D eigenvalue weighted by Gasteiger charge is -2.26. The van der Waals surface area contributed by atoms with Crippen LogP contribution in [-0.4, -0.2) is 24.2 Å². The highest BCUT2D eigenvalue weighted by atomic mass is 79.9. The SMILES string of the molecule is CCCN(CC1CC1)c1ccc(Br)cc1C(=O)O. The van der Waals surface area contributed by atoms with Gasteiger partial charge in [-0.15, -0.1) is 0 Å². The van der Waals surface area contributed by atoms with E-state index in [9.17, 15) is 9.90 Å². The summed E-state index contributed by atoms with van der Waals surface area (Å²) in [6.45, 7) is 4.02. The highest BCUT2D eigenvalue weighted by molar-refractivity contribution is 9.10. The summed E-state index contributed by atoms with van der Waals surface area (Å²) in [7, 11) is 0. The zero-order chi connectivity index (χ0) is 13.1. The van der Waals surface area contributed by atoms with Gasteiger partial charge >= 0.3 is 5.97 Å². The monoisotopic (exact) mass is 311 g/mol. The molecule has 0 aliphatic heterocycles. The molecule has 0 saturated heterocycles. The van der Waals surface area contributed by atoms with E-state index in [1.165, 1.54) is 12.8 Å². The third-order valence-corrected chi connectivity index (χ3v) is 3.69. The van der Waals surface area contributed by atoms with Gasteiger partial charge in [-0.25, -0.2) is 4.79 Å². The molecular formula is C14H18BrNO2. The number of aromatic carboxylic acids is 1. The lowest BCUT2D eigenvalue weighted by Crippen LogP contribution is -2.28. The van der Waals surface area contributed by atoms with Crippen LogP contribution in [0.1, 0.15) is 36.5 Å². The maximum atomic E-state index is 11.3. The molecule has 0 bridgehead atoms. The fourth-order valence-corrected chi connectivity index (χ4v) is 2.51. The van der Waals surface area contributed by atoms with Crippen LogP contribution in [0.5, 0.6) is 0 Å². The van der Waals surface area contributed by atoms with Gasteiger partial charge in [0.2, 0.25) is 0 Å². The molecule has 1 fully saturated rings. The van der Waals surface area contributed by atoms with Crippen LogP contribution in [0.3, 0.4) is 0 Å². The number of benzene rings is 1. The predicted octanol–water partition coefficient (Wildman–Crippen LogP) is 3.77. The number of hydrogen-bond donors (Lipinski definition) is 1. The number of halogens is 1. The van der Waals surface area contributed by atoms with Crippen molar-refractivity contribution in [1.29, 1.82) is 0 Å². The second-order valence-electron chi connectivity index (χ2n) is 4.86. The molecule has 0 unspecified atom stereocenters. The standard InChI is InChI=1S/C14H18BrNO2/c1-2-7-16(9-10-3-4-10)13-6-5-11(15)8-12(13)14(17)18/h5-6,8,10H,2-4,7,9H2,1H3,(H,17,18). The summed E-state index contributed by atoms with van der Waals surface area (Å²) in [5.41, 5.74) is 1.23. The number of carboxylic acid groups (broad SMARTS) is 1. The van der Waals surface area contributed by atoms with Crippen LogP contribution in [0.15, 0.2) is 22.7 Å². The minimum Gasteiger partial charge on any atom is -0.478 e. The van der Waals surface area contributed by atoms with Gasteiger partial charge in [0, 0.05) is 17.6 Å². The Labute approximate surface area is 116 Å².